The van der Waals surface area contributed by atoms with Crippen molar-refractivity contribution in [2.75, 3.05) is 29.4 Å². The number of amides is 1. The van der Waals surface area contributed by atoms with Crippen LogP contribution in [0.2, 0.25) is 0 Å². The van der Waals surface area contributed by atoms with Crippen LogP contribution in [0.5, 0.6) is 11.5 Å². The molecule has 2 aliphatic rings. The van der Waals surface area contributed by atoms with Crippen molar-refractivity contribution in [3.8, 4) is 11.5 Å². The van der Waals surface area contributed by atoms with E-state index in [0.717, 1.165) is 11.3 Å². The highest BCUT2D eigenvalue weighted by molar-refractivity contribution is 7.92. The molecule has 0 bridgehead atoms. The first-order valence-corrected chi connectivity index (χ1v) is 11.5. The Morgan fingerprint density at radius 3 is 2.47 bits per heavy atom. The number of sulfonamides is 1. The van der Waals surface area contributed by atoms with Gasteiger partial charge in [-0.25, -0.2) is 8.42 Å². The zero-order valence-electron chi connectivity index (χ0n) is 17.6. The SMILES string of the molecule is CC(C)C(=O)N1CC(C)(C)c2cc(S(=O)(=O)Nc3ccc4c(c3)OCCO4)ccc21. The predicted octanol–water partition coefficient (Wildman–Crippen LogP) is 3.54. The first-order chi connectivity index (χ1) is 14.1. The van der Waals surface area contributed by atoms with E-state index in [1.165, 1.54) is 0 Å². The summed E-state index contributed by atoms with van der Waals surface area (Å²) >= 11 is 0. The highest BCUT2D eigenvalue weighted by atomic mass is 32.2. The molecule has 0 spiro atoms. The first-order valence-electron chi connectivity index (χ1n) is 9.97. The van der Waals surface area contributed by atoms with Crippen LogP contribution < -0.4 is 19.1 Å². The number of hydrogen-bond donors (Lipinski definition) is 1. The third-order valence-electron chi connectivity index (χ3n) is 5.41. The maximum atomic E-state index is 13.0. The number of hydrogen-bond acceptors (Lipinski definition) is 5. The highest BCUT2D eigenvalue weighted by Gasteiger charge is 2.39. The molecule has 7 nitrogen and oxygen atoms in total. The molecule has 0 saturated heterocycles. The van der Waals surface area contributed by atoms with Gasteiger partial charge in [0.15, 0.2) is 11.5 Å². The topological polar surface area (TPSA) is 84.9 Å². The van der Waals surface area contributed by atoms with E-state index in [1.54, 1.807) is 41.3 Å². The maximum Gasteiger partial charge on any atom is 0.261 e. The van der Waals surface area contributed by atoms with Gasteiger partial charge in [-0.2, -0.15) is 0 Å². The number of benzene rings is 2. The molecule has 4 rings (SSSR count). The zero-order chi connectivity index (χ0) is 21.7. The number of carbonyl (C=O) groups excluding carboxylic acids is 1. The Bertz CT molecular complexity index is 1110. The molecule has 0 atom stereocenters. The number of carbonyl (C=O) groups is 1. The Morgan fingerprint density at radius 2 is 1.77 bits per heavy atom. The molecule has 2 aromatic rings. The van der Waals surface area contributed by atoms with Crippen molar-refractivity contribution >= 4 is 27.3 Å². The van der Waals surface area contributed by atoms with Gasteiger partial charge in [-0.3, -0.25) is 9.52 Å². The smallest absolute Gasteiger partial charge is 0.261 e. The molecule has 8 heteroatoms. The van der Waals surface area contributed by atoms with Gasteiger partial charge < -0.3 is 14.4 Å². The molecule has 2 aromatic carbocycles. The van der Waals surface area contributed by atoms with Gasteiger partial charge in [-0.05, 0) is 35.9 Å². The largest absolute Gasteiger partial charge is 0.486 e. The van der Waals surface area contributed by atoms with Gasteiger partial charge in [-0.1, -0.05) is 27.7 Å². The van der Waals surface area contributed by atoms with Gasteiger partial charge in [0, 0.05) is 29.6 Å². The molecule has 0 radical (unpaired) electrons. The van der Waals surface area contributed by atoms with Crippen molar-refractivity contribution in [2.45, 2.75) is 38.0 Å². The van der Waals surface area contributed by atoms with Crippen LogP contribution >= 0.6 is 0 Å². The highest BCUT2D eigenvalue weighted by Crippen LogP contribution is 2.42. The van der Waals surface area contributed by atoms with Crippen molar-refractivity contribution in [1.82, 2.24) is 0 Å². The minimum Gasteiger partial charge on any atom is -0.486 e. The van der Waals surface area contributed by atoms with Gasteiger partial charge >= 0.3 is 0 Å². The number of nitrogens with zero attached hydrogens (tertiary/aromatic N) is 1. The number of nitrogens with one attached hydrogen (secondary N) is 1. The molecule has 2 aliphatic heterocycles. The van der Waals surface area contributed by atoms with Crippen LogP contribution in [0.3, 0.4) is 0 Å². The Kier molecular flexibility index (Phi) is 4.92. The lowest BCUT2D eigenvalue weighted by Crippen LogP contribution is -2.36. The quantitative estimate of drug-likeness (QED) is 0.802. The van der Waals surface area contributed by atoms with Crippen LogP contribution in [0.25, 0.3) is 0 Å². The van der Waals surface area contributed by atoms with Gasteiger partial charge in [0.2, 0.25) is 5.91 Å². The van der Waals surface area contributed by atoms with E-state index < -0.39 is 10.0 Å². The number of fused-ring (bicyclic) bond motifs is 2. The van der Waals surface area contributed by atoms with Gasteiger partial charge in [-0.15, -0.1) is 0 Å². The Hall–Kier alpha value is -2.74. The average Bonchev–Trinajstić information content (AvgIpc) is 2.97. The van der Waals surface area contributed by atoms with E-state index in [-0.39, 0.29) is 22.1 Å². The average molecular weight is 431 g/mol. The van der Waals surface area contributed by atoms with E-state index >= 15 is 0 Å². The molecule has 0 aromatic heterocycles. The van der Waals surface area contributed by atoms with E-state index in [9.17, 15) is 13.2 Å². The summed E-state index contributed by atoms with van der Waals surface area (Å²) < 4.78 is 39.7. The van der Waals surface area contributed by atoms with Gasteiger partial charge in [0.1, 0.15) is 13.2 Å². The summed E-state index contributed by atoms with van der Waals surface area (Å²) in [6.07, 6.45) is 0. The Morgan fingerprint density at radius 1 is 1.07 bits per heavy atom. The van der Waals surface area contributed by atoms with Crippen molar-refractivity contribution in [2.24, 2.45) is 5.92 Å². The molecule has 160 valence electrons. The number of anilines is 2. The summed E-state index contributed by atoms with van der Waals surface area (Å²) in [5, 5.41) is 0. The van der Waals surface area contributed by atoms with E-state index in [0.29, 0.717) is 36.9 Å². The first kappa shape index (κ1) is 20.5. The molecular weight excluding hydrogens is 404 g/mol. The maximum absolute atomic E-state index is 13.0. The molecule has 0 unspecified atom stereocenters. The fourth-order valence-corrected chi connectivity index (χ4v) is 4.93. The molecular formula is C22H26N2O5S. The van der Waals surface area contributed by atoms with E-state index in [1.807, 2.05) is 27.7 Å². The number of rotatable bonds is 4. The Balaban J connectivity index is 1.65. The lowest BCUT2D eigenvalue weighted by atomic mass is 9.87. The summed E-state index contributed by atoms with van der Waals surface area (Å²) in [5.74, 6) is 1.01. The predicted molar refractivity (Wildman–Crippen MR) is 115 cm³/mol. The summed E-state index contributed by atoms with van der Waals surface area (Å²) in [7, 11) is -3.82. The van der Waals surface area contributed by atoms with Crippen LogP contribution in [0.15, 0.2) is 41.3 Å². The molecule has 1 amide bonds. The van der Waals surface area contributed by atoms with Crippen LogP contribution in [0.4, 0.5) is 11.4 Å². The second-order valence-corrected chi connectivity index (χ2v) is 10.3. The molecule has 30 heavy (non-hydrogen) atoms. The Labute approximate surface area is 177 Å². The monoisotopic (exact) mass is 430 g/mol. The third-order valence-corrected chi connectivity index (χ3v) is 6.78. The van der Waals surface area contributed by atoms with Gasteiger partial charge in [0.25, 0.3) is 10.0 Å². The molecule has 1 N–H and O–H groups in total. The minimum absolute atomic E-state index is 0.0341. The van der Waals surface area contributed by atoms with Crippen molar-refractivity contribution in [3.63, 3.8) is 0 Å². The van der Waals surface area contributed by atoms with Gasteiger partial charge in [0.05, 0.1) is 10.6 Å². The summed E-state index contributed by atoms with van der Waals surface area (Å²) in [4.78, 5) is 14.5. The van der Waals surface area contributed by atoms with Crippen LogP contribution in [-0.2, 0) is 20.2 Å². The second kappa shape index (κ2) is 7.19. The number of ether oxygens (including phenoxy) is 2. The minimum atomic E-state index is -3.82. The van der Waals surface area contributed by atoms with Crippen molar-refractivity contribution in [1.29, 1.82) is 0 Å². The normalized spacial score (nSPS) is 17.0. The zero-order valence-corrected chi connectivity index (χ0v) is 18.4. The molecule has 2 heterocycles. The molecule has 0 aliphatic carbocycles. The lowest BCUT2D eigenvalue weighted by Gasteiger charge is -2.22. The van der Waals surface area contributed by atoms with Crippen molar-refractivity contribution < 1.29 is 22.7 Å². The standard InChI is InChI=1S/C22H26N2O5S/c1-14(2)21(25)24-13-22(3,4)17-12-16(6-7-18(17)24)30(26,27)23-15-5-8-19-20(11-15)29-10-9-28-19/h5-8,11-12,14,23H,9-10,13H2,1-4H3. The van der Waals surface area contributed by atoms with E-state index in [4.69, 9.17) is 9.47 Å². The summed E-state index contributed by atoms with van der Waals surface area (Å²) in [5.41, 5.74) is 1.68. The summed E-state index contributed by atoms with van der Waals surface area (Å²) in [6, 6.07) is 9.89. The second-order valence-electron chi connectivity index (χ2n) is 8.61. The summed E-state index contributed by atoms with van der Waals surface area (Å²) in [6.45, 7) is 9.19. The van der Waals surface area contributed by atoms with Crippen LogP contribution in [0, 0.1) is 5.92 Å². The fourth-order valence-electron chi connectivity index (χ4n) is 3.85. The van der Waals surface area contributed by atoms with Crippen LogP contribution in [-0.4, -0.2) is 34.1 Å². The van der Waals surface area contributed by atoms with Crippen molar-refractivity contribution in [3.05, 3.63) is 42.0 Å². The third kappa shape index (κ3) is 3.60. The van der Waals surface area contributed by atoms with E-state index in [2.05, 4.69) is 4.72 Å². The van der Waals surface area contributed by atoms with Crippen LogP contribution in [0.1, 0.15) is 33.3 Å². The lowest BCUT2D eigenvalue weighted by molar-refractivity contribution is -0.121. The molecule has 0 fully saturated rings. The molecule has 0 saturated carbocycles. The fraction of sp³-hybridized carbons (Fsp3) is 0.409.